The van der Waals surface area contributed by atoms with Crippen LogP contribution in [0.25, 0.3) is 5.65 Å². The quantitative estimate of drug-likeness (QED) is 0.421. The second-order valence-electron chi connectivity index (χ2n) is 7.15. The number of nitrogens with zero attached hydrogens (tertiary/aromatic N) is 4. The summed E-state index contributed by atoms with van der Waals surface area (Å²) in [6, 6.07) is 17.2. The summed E-state index contributed by atoms with van der Waals surface area (Å²) in [5.74, 6) is 1.37. The van der Waals surface area contributed by atoms with Gasteiger partial charge >= 0.3 is 0 Å². The van der Waals surface area contributed by atoms with Crippen LogP contribution in [0.4, 0.5) is 10.2 Å². The van der Waals surface area contributed by atoms with E-state index >= 15 is 0 Å². The first-order chi connectivity index (χ1) is 15.6. The Kier molecular flexibility index (Phi) is 6.54. The van der Waals surface area contributed by atoms with E-state index in [1.165, 1.54) is 23.8 Å². The highest BCUT2D eigenvalue weighted by Gasteiger charge is 2.10. The predicted octanol–water partition coefficient (Wildman–Crippen LogP) is 2.90. The van der Waals surface area contributed by atoms with Gasteiger partial charge < -0.3 is 15.4 Å². The van der Waals surface area contributed by atoms with Crippen molar-refractivity contribution in [1.29, 1.82) is 0 Å². The zero-order chi connectivity index (χ0) is 22.3. The third kappa shape index (κ3) is 5.18. The molecule has 0 saturated carbocycles. The van der Waals surface area contributed by atoms with Crippen LogP contribution in [-0.2, 0) is 12.8 Å². The fourth-order valence-electron chi connectivity index (χ4n) is 3.23. The maximum Gasteiger partial charge on any atom is 0.251 e. The van der Waals surface area contributed by atoms with Crippen molar-refractivity contribution in [3.8, 4) is 5.75 Å². The maximum absolute atomic E-state index is 13.3. The number of ether oxygens (including phenoxy) is 1. The number of rotatable bonds is 9. The number of methoxy groups -OCH3 is 1. The third-order valence-corrected chi connectivity index (χ3v) is 4.93. The number of nitrogens with one attached hydrogen (secondary N) is 2. The third-order valence-electron chi connectivity index (χ3n) is 4.93. The molecule has 164 valence electrons. The molecule has 0 unspecified atom stereocenters. The summed E-state index contributed by atoms with van der Waals surface area (Å²) >= 11 is 0. The van der Waals surface area contributed by atoms with Gasteiger partial charge in [0.2, 0.25) is 0 Å². The van der Waals surface area contributed by atoms with E-state index in [9.17, 15) is 9.18 Å². The van der Waals surface area contributed by atoms with Crippen molar-refractivity contribution < 1.29 is 13.9 Å². The van der Waals surface area contributed by atoms with Crippen LogP contribution in [0.5, 0.6) is 5.75 Å². The topological polar surface area (TPSA) is 93.4 Å². The number of carbonyl (C=O) groups is 1. The number of carbonyl (C=O) groups excluding carboxylic acids is 1. The minimum absolute atomic E-state index is 0.276. The van der Waals surface area contributed by atoms with E-state index in [0.29, 0.717) is 36.8 Å². The number of fused-ring (bicyclic) bond motifs is 1. The van der Waals surface area contributed by atoms with Crippen LogP contribution in [0, 0.1) is 5.82 Å². The average molecular weight is 434 g/mol. The van der Waals surface area contributed by atoms with E-state index in [4.69, 9.17) is 4.74 Å². The summed E-state index contributed by atoms with van der Waals surface area (Å²) < 4.78 is 20.1. The molecule has 0 fully saturated rings. The van der Waals surface area contributed by atoms with Crippen molar-refractivity contribution >= 4 is 17.4 Å². The molecule has 2 aromatic carbocycles. The molecule has 2 aromatic heterocycles. The van der Waals surface area contributed by atoms with Crippen LogP contribution in [0.1, 0.15) is 21.7 Å². The molecule has 0 aliphatic heterocycles. The highest BCUT2D eigenvalue weighted by molar-refractivity contribution is 5.94. The molecular formula is C23H23FN6O2. The lowest BCUT2D eigenvalue weighted by Gasteiger charge is -2.08. The van der Waals surface area contributed by atoms with Gasteiger partial charge in [-0.2, -0.15) is 4.52 Å². The number of amides is 1. The number of hydrogen-bond donors (Lipinski definition) is 2. The number of aromatic nitrogens is 4. The Labute approximate surface area is 184 Å². The summed E-state index contributed by atoms with van der Waals surface area (Å²) in [6.45, 7) is 1.04. The average Bonchev–Trinajstić information content (AvgIpc) is 3.22. The normalized spacial score (nSPS) is 10.8. The molecule has 2 N–H and O–H groups in total. The molecule has 0 spiro atoms. The molecule has 0 atom stereocenters. The van der Waals surface area contributed by atoms with Crippen molar-refractivity contribution in [2.45, 2.75) is 12.8 Å². The molecule has 0 aliphatic rings. The van der Waals surface area contributed by atoms with E-state index in [0.717, 1.165) is 12.2 Å². The summed E-state index contributed by atoms with van der Waals surface area (Å²) in [4.78, 5) is 12.2. The van der Waals surface area contributed by atoms with Gasteiger partial charge in [-0.1, -0.05) is 18.2 Å². The SMILES string of the molecule is COc1ccc(CCNc2ccc3nnc(CCNC(=O)c4cccc(F)c4)n3n2)cc1. The molecule has 0 saturated heterocycles. The summed E-state index contributed by atoms with van der Waals surface area (Å²) in [5, 5.41) is 18.9. The lowest BCUT2D eigenvalue weighted by Crippen LogP contribution is -2.26. The Morgan fingerprint density at radius 3 is 2.66 bits per heavy atom. The van der Waals surface area contributed by atoms with E-state index in [1.807, 2.05) is 36.4 Å². The molecule has 8 nitrogen and oxygen atoms in total. The first-order valence-corrected chi connectivity index (χ1v) is 10.2. The number of anilines is 1. The van der Waals surface area contributed by atoms with Gasteiger partial charge in [-0.3, -0.25) is 4.79 Å². The van der Waals surface area contributed by atoms with Crippen LogP contribution in [0.2, 0.25) is 0 Å². The lowest BCUT2D eigenvalue weighted by molar-refractivity contribution is 0.0953. The summed E-state index contributed by atoms with van der Waals surface area (Å²) in [6.07, 6.45) is 1.27. The van der Waals surface area contributed by atoms with Gasteiger partial charge in [-0.15, -0.1) is 15.3 Å². The maximum atomic E-state index is 13.3. The number of halogens is 1. The predicted molar refractivity (Wildman–Crippen MR) is 118 cm³/mol. The van der Waals surface area contributed by atoms with E-state index in [-0.39, 0.29) is 11.5 Å². The van der Waals surface area contributed by atoms with Crippen molar-refractivity contribution in [1.82, 2.24) is 25.1 Å². The van der Waals surface area contributed by atoms with Gasteiger partial charge in [0.05, 0.1) is 7.11 Å². The molecule has 0 bridgehead atoms. The van der Waals surface area contributed by atoms with Crippen LogP contribution in [-0.4, -0.2) is 45.9 Å². The minimum atomic E-state index is -0.447. The molecule has 4 rings (SSSR count). The second kappa shape index (κ2) is 9.86. The summed E-state index contributed by atoms with van der Waals surface area (Å²) in [7, 11) is 1.65. The van der Waals surface area contributed by atoms with Gasteiger partial charge in [-0.05, 0) is 54.4 Å². The standard InChI is InChI=1S/C23H23FN6O2/c1-32-19-7-5-16(6-8-19)11-13-25-20-9-10-21-27-28-22(30(21)29-20)12-14-26-23(31)17-3-2-4-18(24)15-17/h2-10,15H,11-14H2,1H3,(H,25,29)(H,26,31). The fraction of sp³-hybridized carbons (Fsp3) is 0.217. The second-order valence-corrected chi connectivity index (χ2v) is 7.15. The first-order valence-electron chi connectivity index (χ1n) is 10.2. The van der Waals surface area contributed by atoms with Gasteiger partial charge in [0.1, 0.15) is 17.4 Å². The van der Waals surface area contributed by atoms with Crippen molar-refractivity contribution in [2.24, 2.45) is 0 Å². The molecule has 0 radical (unpaired) electrons. The number of benzene rings is 2. The zero-order valence-electron chi connectivity index (χ0n) is 17.6. The molecule has 9 heteroatoms. The van der Waals surface area contributed by atoms with E-state index < -0.39 is 5.82 Å². The molecule has 1 amide bonds. The molecule has 32 heavy (non-hydrogen) atoms. The van der Waals surface area contributed by atoms with Crippen LogP contribution >= 0.6 is 0 Å². The summed E-state index contributed by atoms with van der Waals surface area (Å²) in [5.41, 5.74) is 2.09. The van der Waals surface area contributed by atoms with Crippen molar-refractivity contribution in [3.63, 3.8) is 0 Å². The van der Waals surface area contributed by atoms with Gasteiger partial charge in [-0.25, -0.2) is 4.39 Å². The van der Waals surface area contributed by atoms with Crippen molar-refractivity contribution in [3.05, 3.63) is 83.4 Å². The fourth-order valence-corrected chi connectivity index (χ4v) is 3.23. The molecular weight excluding hydrogens is 411 g/mol. The first kappa shape index (κ1) is 21.2. The Bertz CT molecular complexity index is 1210. The lowest BCUT2D eigenvalue weighted by atomic mass is 10.1. The van der Waals surface area contributed by atoms with Gasteiger partial charge in [0, 0.05) is 25.1 Å². The minimum Gasteiger partial charge on any atom is -0.497 e. The van der Waals surface area contributed by atoms with E-state index in [2.05, 4.69) is 25.9 Å². The Morgan fingerprint density at radius 2 is 1.88 bits per heavy atom. The van der Waals surface area contributed by atoms with Crippen molar-refractivity contribution in [2.75, 3.05) is 25.5 Å². The Hall–Kier alpha value is -4.01. The van der Waals surface area contributed by atoms with Crippen LogP contribution in [0.3, 0.4) is 0 Å². The Morgan fingerprint density at radius 1 is 1.03 bits per heavy atom. The molecule has 4 aromatic rings. The van der Waals surface area contributed by atoms with Gasteiger partial charge in [0.25, 0.3) is 5.91 Å². The Balaban J connectivity index is 1.33. The highest BCUT2D eigenvalue weighted by atomic mass is 19.1. The molecule has 2 heterocycles. The van der Waals surface area contributed by atoms with Gasteiger partial charge in [0.15, 0.2) is 11.5 Å². The van der Waals surface area contributed by atoms with E-state index in [1.54, 1.807) is 17.7 Å². The smallest absolute Gasteiger partial charge is 0.251 e. The molecule has 0 aliphatic carbocycles. The monoisotopic (exact) mass is 434 g/mol. The van der Waals surface area contributed by atoms with Crippen LogP contribution in [0.15, 0.2) is 60.7 Å². The zero-order valence-corrected chi connectivity index (χ0v) is 17.6. The largest absolute Gasteiger partial charge is 0.497 e. The van der Waals surface area contributed by atoms with Crippen LogP contribution < -0.4 is 15.4 Å². The highest BCUT2D eigenvalue weighted by Crippen LogP contribution is 2.12. The number of hydrogen-bond acceptors (Lipinski definition) is 6.